The number of aromatic nitrogens is 1. The van der Waals surface area contributed by atoms with Crippen LogP contribution in [0.2, 0.25) is 0 Å². The summed E-state index contributed by atoms with van der Waals surface area (Å²) in [7, 11) is 0. The highest BCUT2D eigenvalue weighted by Crippen LogP contribution is 2.28. The number of hydrogen-bond donors (Lipinski definition) is 0. The zero-order chi connectivity index (χ0) is 12.5. The van der Waals surface area contributed by atoms with Gasteiger partial charge in [0, 0.05) is 36.7 Å². The summed E-state index contributed by atoms with van der Waals surface area (Å²) >= 11 is 5.96. The van der Waals surface area contributed by atoms with Gasteiger partial charge in [-0.05, 0) is 26.8 Å². The molecule has 17 heavy (non-hydrogen) atoms. The number of halogens is 1. The number of hydrogen-bond acceptors (Lipinski definition) is 3. The third-order valence-corrected chi connectivity index (χ3v) is 3.22. The summed E-state index contributed by atoms with van der Waals surface area (Å²) in [5.41, 5.74) is 2.14. The summed E-state index contributed by atoms with van der Waals surface area (Å²) in [4.78, 5) is 6.46. The predicted molar refractivity (Wildman–Crippen MR) is 70.6 cm³/mol. The molecule has 4 heteroatoms. The van der Waals surface area contributed by atoms with Crippen LogP contribution in [0.3, 0.4) is 0 Å². The maximum absolute atomic E-state index is 5.96. The molecule has 1 fully saturated rings. The highest BCUT2D eigenvalue weighted by atomic mass is 35.5. The van der Waals surface area contributed by atoms with Crippen LogP contribution < -0.4 is 4.90 Å². The summed E-state index contributed by atoms with van der Waals surface area (Å²) in [6.45, 7) is 8.13. The standard InChI is InChI=1S/C13H19ClN2O/c1-10-8-16(9-13(2,3)17-10)12-4-5-15-7-11(12)6-14/h4-5,7,10H,6,8-9H2,1-3H3. The van der Waals surface area contributed by atoms with E-state index in [1.807, 2.05) is 18.5 Å². The lowest BCUT2D eigenvalue weighted by atomic mass is 10.0. The van der Waals surface area contributed by atoms with Crippen LogP contribution in [0, 0.1) is 0 Å². The number of anilines is 1. The quantitative estimate of drug-likeness (QED) is 0.759. The van der Waals surface area contributed by atoms with Crippen LogP contribution in [0.5, 0.6) is 0 Å². The lowest BCUT2D eigenvalue weighted by Gasteiger charge is -2.43. The first-order valence-electron chi connectivity index (χ1n) is 5.93. The first kappa shape index (κ1) is 12.7. The molecule has 1 aromatic heterocycles. The number of ether oxygens (including phenoxy) is 1. The smallest absolute Gasteiger partial charge is 0.0805 e. The molecule has 1 aromatic rings. The molecule has 1 aliphatic heterocycles. The molecule has 1 saturated heterocycles. The minimum Gasteiger partial charge on any atom is -0.369 e. The Kier molecular flexibility index (Phi) is 3.59. The molecule has 1 unspecified atom stereocenters. The highest BCUT2D eigenvalue weighted by molar-refractivity contribution is 6.17. The number of alkyl halides is 1. The monoisotopic (exact) mass is 254 g/mol. The molecule has 2 heterocycles. The van der Waals surface area contributed by atoms with Gasteiger partial charge in [0.15, 0.2) is 0 Å². The topological polar surface area (TPSA) is 25.4 Å². The van der Waals surface area contributed by atoms with Crippen molar-refractivity contribution in [3.05, 3.63) is 24.0 Å². The second-order valence-electron chi connectivity index (χ2n) is 5.21. The van der Waals surface area contributed by atoms with Crippen LogP contribution >= 0.6 is 11.6 Å². The van der Waals surface area contributed by atoms with E-state index in [1.165, 1.54) is 5.69 Å². The normalized spacial score (nSPS) is 23.8. The van der Waals surface area contributed by atoms with Crippen molar-refractivity contribution in [2.24, 2.45) is 0 Å². The molecule has 0 bridgehead atoms. The molecule has 3 nitrogen and oxygen atoms in total. The van der Waals surface area contributed by atoms with E-state index in [0.717, 1.165) is 18.7 Å². The number of nitrogens with zero attached hydrogens (tertiary/aromatic N) is 2. The van der Waals surface area contributed by atoms with Crippen LogP contribution in [0.4, 0.5) is 5.69 Å². The van der Waals surface area contributed by atoms with Gasteiger partial charge in [0.1, 0.15) is 0 Å². The van der Waals surface area contributed by atoms with Gasteiger partial charge in [-0.25, -0.2) is 0 Å². The zero-order valence-electron chi connectivity index (χ0n) is 10.6. The Morgan fingerprint density at radius 2 is 2.35 bits per heavy atom. The van der Waals surface area contributed by atoms with E-state index in [0.29, 0.717) is 5.88 Å². The molecule has 0 N–H and O–H groups in total. The average Bonchev–Trinajstić information content (AvgIpc) is 2.26. The minimum absolute atomic E-state index is 0.121. The van der Waals surface area contributed by atoms with Crippen molar-refractivity contribution in [1.82, 2.24) is 4.98 Å². The molecule has 0 aromatic carbocycles. The van der Waals surface area contributed by atoms with Crippen LogP contribution in [-0.4, -0.2) is 29.8 Å². The zero-order valence-corrected chi connectivity index (χ0v) is 11.4. The predicted octanol–water partition coefficient (Wildman–Crippen LogP) is 2.82. The summed E-state index contributed by atoms with van der Waals surface area (Å²) in [5, 5.41) is 0. The van der Waals surface area contributed by atoms with Gasteiger partial charge in [0.05, 0.1) is 17.6 Å². The Labute approximate surface area is 108 Å². The van der Waals surface area contributed by atoms with Crippen molar-refractivity contribution in [1.29, 1.82) is 0 Å². The van der Waals surface area contributed by atoms with Crippen molar-refractivity contribution in [3.8, 4) is 0 Å². The largest absolute Gasteiger partial charge is 0.369 e. The van der Waals surface area contributed by atoms with Gasteiger partial charge in [-0.2, -0.15) is 0 Å². The molecule has 0 radical (unpaired) electrons. The summed E-state index contributed by atoms with van der Waals surface area (Å²) < 4.78 is 5.91. The minimum atomic E-state index is -0.121. The molecule has 1 aliphatic rings. The van der Waals surface area contributed by atoms with Gasteiger partial charge >= 0.3 is 0 Å². The Morgan fingerprint density at radius 3 is 3.00 bits per heavy atom. The first-order valence-corrected chi connectivity index (χ1v) is 6.47. The molecule has 2 rings (SSSR count). The second kappa shape index (κ2) is 4.83. The maximum atomic E-state index is 5.96. The summed E-state index contributed by atoms with van der Waals surface area (Å²) in [6.07, 6.45) is 3.89. The summed E-state index contributed by atoms with van der Waals surface area (Å²) in [6, 6.07) is 2.03. The van der Waals surface area contributed by atoms with E-state index in [9.17, 15) is 0 Å². The third-order valence-electron chi connectivity index (χ3n) is 2.93. The number of rotatable bonds is 2. The van der Waals surface area contributed by atoms with Crippen LogP contribution in [0.15, 0.2) is 18.5 Å². The first-order chi connectivity index (χ1) is 8.02. The fourth-order valence-corrected chi connectivity index (χ4v) is 2.67. The SMILES string of the molecule is CC1CN(c2ccncc2CCl)CC(C)(C)O1. The molecule has 1 atom stereocenters. The fraction of sp³-hybridized carbons (Fsp3) is 0.615. The van der Waals surface area contributed by atoms with Gasteiger partial charge in [0.25, 0.3) is 0 Å². The molecule has 0 saturated carbocycles. The van der Waals surface area contributed by atoms with Crippen molar-refractivity contribution in [3.63, 3.8) is 0 Å². The lowest BCUT2D eigenvalue weighted by molar-refractivity contribution is -0.0750. The Bertz CT molecular complexity index is 395. The molecule has 0 aliphatic carbocycles. The molecular formula is C13H19ClN2O. The molecule has 94 valence electrons. The lowest BCUT2D eigenvalue weighted by Crippen LogP contribution is -2.52. The van der Waals surface area contributed by atoms with Gasteiger partial charge in [-0.3, -0.25) is 4.98 Å². The number of pyridine rings is 1. The van der Waals surface area contributed by atoms with Gasteiger partial charge in [0.2, 0.25) is 0 Å². The van der Waals surface area contributed by atoms with Crippen molar-refractivity contribution in [2.45, 2.75) is 38.4 Å². The number of morpholine rings is 1. The van der Waals surface area contributed by atoms with E-state index in [1.54, 1.807) is 0 Å². The van der Waals surface area contributed by atoms with Gasteiger partial charge < -0.3 is 9.64 Å². The van der Waals surface area contributed by atoms with E-state index in [-0.39, 0.29) is 11.7 Å². The molecule has 0 amide bonds. The average molecular weight is 255 g/mol. The van der Waals surface area contributed by atoms with Crippen molar-refractivity contribution < 1.29 is 4.74 Å². The van der Waals surface area contributed by atoms with Gasteiger partial charge in [-0.1, -0.05) is 0 Å². The van der Waals surface area contributed by atoms with E-state index in [2.05, 4.69) is 30.7 Å². The maximum Gasteiger partial charge on any atom is 0.0805 e. The second-order valence-corrected chi connectivity index (χ2v) is 5.47. The summed E-state index contributed by atoms with van der Waals surface area (Å²) in [5.74, 6) is 0.495. The van der Waals surface area contributed by atoms with Crippen molar-refractivity contribution in [2.75, 3.05) is 18.0 Å². The van der Waals surface area contributed by atoms with Crippen molar-refractivity contribution >= 4 is 17.3 Å². The molecular weight excluding hydrogens is 236 g/mol. The Balaban J connectivity index is 2.27. The van der Waals surface area contributed by atoms with E-state index in [4.69, 9.17) is 16.3 Å². The van der Waals surface area contributed by atoms with Crippen LogP contribution in [-0.2, 0) is 10.6 Å². The van der Waals surface area contributed by atoms with Gasteiger partial charge in [-0.15, -0.1) is 11.6 Å². The van der Waals surface area contributed by atoms with Crippen LogP contribution in [0.1, 0.15) is 26.3 Å². The highest BCUT2D eigenvalue weighted by Gasteiger charge is 2.32. The Morgan fingerprint density at radius 1 is 1.59 bits per heavy atom. The Hall–Kier alpha value is -0.800. The van der Waals surface area contributed by atoms with E-state index >= 15 is 0 Å². The van der Waals surface area contributed by atoms with E-state index < -0.39 is 0 Å². The third kappa shape index (κ3) is 2.90. The molecule has 0 spiro atoms. The van der Waals surface area contributed by atoms with Crippen LogP contribution in [0.25, 0.3) is 0 Å². The fourth-order valence-electron chi connectivity index (χ4n) is 2.47.